The molecule has 1 aromatic heterocycles. The van der Waals surface area contributed by atoms with Crippen LogP contribution in [-0.2, 0) is 11.0 Å². The smallest absolute Gasteiger partial charge is 0.383 e. The van der Waals surface area contributed by atoms with Crippen molar-refractivity contribution in [1.29, 1.82) is 0 Å². The highest BCUT2D eigenvalue weighted by molar-refractivity contribution is 8.14. The average Bonchev–Trinajstić information content (AvgIpc) is 3.61. The second kappa shape index (κ2) is 11.2. The van der Waals surface area contributed by atoms with Crippen LogP contribution in [-0.4, -0.2) is 82.1 Å². The number of rotatable bonds is 6. The van der Waals surface area contributed by atoms with Crippen molar-refractivity contribution in [1.82, 2.24) is 15.2 Å². The van der Waals surface area contributed by atoms with Crippen LogP contribution in [0.3, 0.4) is 0 Å². The van der Waals surface area contributed by atoms with Crippen molar-refractivity contribution in [2.45, 2.75) is 82.7 Å². The molecule has 5 rings (SSSR count). The molecule has 2 saturated carbocycles. The van der Waals surface area contributed by atoms with E-state index in [0.717, 1.165) is 74.4 Å². The van der Waals surface area contributed by atoms with Gasteiger partial charge in [-0.3, -0.25) is 9.79 Å². The summed E-state index contributed by atoms with van der Waals surface area (Å²) < 4.78 is 39.5. The monoisotopic (exact) mass is 567 g/mol. The van der Waals surface area contributed by atoms with E-state index < -0.39 is 22.8 Å². The predicted molar refractivity (Wildman–Crippen MR) is 148 cm³/mol. The largest absolute Gasteiger partial charge is 0.416 e. The Kier molecular flexibility index (Phi) is 8.23. The summed E-state index contributed by atoms with van der Waals surface area (Å²) in [5, 5.41) is 15.8. The number of amides is 1. The second-order valence-corrected chi connectivity index (χ2v) is 13.0. The Hall–Kier alpha value is -1.85. The second-order valence-electron chi connectivity index (χ2n) is 11.9. The van der Waals surface area contributed by atoms with Gasteiger partial charge in [0.1, 0.15) is 11.4 Å². The molecule has 0 unspecified atom stereocenters. The number of nitrogens with zero attached hydrogens (tertiary/aromatic N) is 4. The van der Waals surface area contributed by atoms with Gasteiger partial charge in [-0.1, -0.05) is 13.8 Å². The van der Waals surface area contributed by atoms with Crippen LogP contribution < -0.4 is 10.2 Å². The molecule has 4 aliphatic rings. The molecule has 2 aliphatic carbocycles. The molecule has 1 amide bonds. The van der Waals surface area contributed by atoms with E-state index in [0.29, 0.717) is 38.0 Å². The summed E-state index contributed by atoms with van der Waals surface area (Å²) in [6.45, 7) is 6.94. The fraction of sp³-hybridized carbons (Fsp3) is 0.750. The van der Waals surface area contributed by atoms with Gasteiger partial charge < -0.3 is 20.2 Å². The number of aromatic nitrogens is 1. The maximum Gasteiger partial charge on any atom is 0.416 e. The molecule has 2 atom stereocenters. The van der Waals surface area contributed by atoms with Gasteiger partial charge in [0, 0.05) is 56.8 Å². The Bertz CT molecular complexity index is 1070. The number of alkyl halides is 3. The Labute approximate surface area is 233 Å². The summed E-state index contributed by atoms with van der Waals surface area (Å²) in [7, 11) is 0. The highest BCUT2D eigenvalue weighted by atomic mass is 32.2. The number of anilines is 1. The SMILES string of the molecule is CC(C)[C@]1(C(=O)N2CCN(c3cc(C(F)(F)F)ccn3)CC2)CC[C@@H](NC2CCC(O)(C3=NCCS3)CC2)C1. The minimum Gasteiger partial charge on any atom is -0.383 e. The van der Waals surface area contributed by atoms with Gasteiger partial charge in [-0.15, -0.1) is 11.8 Å². The van der Waals surface area contributed by atoms with Gasteiger partial charge in [0.15, 0.2) is 0 Å². The van der Waals surface area contributed by atoms with E-state index in [1.807, 2.05) is 9.80 Å². The molecule has 39 heavy (non-hydrogen) atoms. The number of thioether (sulfide) groups is 1. The first-order chi connectivity index (χ1) is 18.5. The Balaban J connectivity index is 1.16. The number of carbonyl (C=O) groups is 1. The molecule has 0 radical (unpaired) electrons. The van der Waals surface area contributed by atoms with Crippen molar-refractivity contribution in [3.8, 4) is 0 Å². The van der Waals surface area contributed by atoms with Gasteiger partial charge in [-0.05, 0) is 63.0 Å². The Morgan fingerprint density at radius 2 is 1.82 bits per heavy atom. The average molecular weight is 568 g/mol. The lowest BCUT2D eigenvalue weighted by Crippen LogP contribution is -2.54. The van der Waals surface area contributed by atoms with Crippen molar-refractivity contribution in [2.75, 3.05) is 43.4 Å². The third-order valence-electron chi connectivity index (χ3n) is 9.31. The number of hydrogen-bond donors (Lipinski definition) is 2. The number of carbonyl (C=O) groups excluding carboxylic acids is 1. The molecular formula is C28H40F3N5O2S. The molecule has 1 saturated heterocycles. The van der Waals surface area contributed by atoms with Gasteiger partial charge in [0.05, 0.1) is 16.0 Å². The molecule has 2 aliphatic heterocycles. The van der Waals surface area contributed by atoms with Crippen LogP contribution in [0.4, 0.5) is 19.0 Å². The lowest BCUT2D eigenvalue weighted by molar-refractivity contribution is -0.145. The van der Waals surface area contributed by atoms with Crippen LogP contribution in [0.25, 0.3) is 0 Å². The first-order valence-corrected chi connectivity index (χ1v) is 15.2. The minimum absolute atomic E-state index is 0.174. The van der Waals surface area contributed by atoms with Gasteiger partial charge in [-0.25, -0.2) is 4.98 Å². The molecule has 2 N–H and O–H groups in total. The van der Waals surface area contributed by atoms with Gasteiger partial charge >= 0.3 is 6.18 Å². The van der Waals surface area contributed by atoms with E-state index in [9.17, 15) is 23.1 Å². The number of aliphatic hydroxyl groups is 1. The summed E-state index contributed by atoms with van der Waals surface area (Å²) in [5.41, 5.74) is -1.90. The first kappa shape index (κ1) is 28.7. The lowest BCUT2D eigenvalue weighted by atomic mass is 9.74. The fourth-order valence-electron chi connectivity index (χ4n) is 6.83. The quantitative estimate of drug-likeness (QED) is 0.532. The summed E-state index contributed by atoms with van der Waals surface area (Å²) in [6.07, 6.45) is 2.62. The van der Waals surface area contributed by atoms with E-state index in [2.05, 4.69) is 29.1 Å². The zero-order valence-corrected chi connectivity index (χ0v) is 23.7. The fourth-order valence-corrected chi connectivity index (χ4v) is 7.86. The van der Waals surface area contributed by atoms with Crippen LogP contribution in [0.2, 0.25) is 0 Å². The number of pyridine rings is 1. The molecule has 3 heterocycles. The molecule has 1 aromatic rings. The standard InChI is InChI=1S/C28H40F3N5O2S/c1-19(2)26(7-3-22(18-26)34-21-4-8-27(38,9-5-21)24-33-11-16-39-24)25(37)36-14-12-35(13-15-36)23-17-20(6-10-32-23)28(29,30)31/h6,10,17,19,21-22,34,38H,3-5,7-9,11-16,18H2,1-2H3/t21?,22-,26+,27?/m1/s1. The topological polar surface area (TPSA) is 81.1 Å². The minimum atomic E-state index is -4.41. The van der Waals surface area contributed by atoms with Crippen molar-refractivity contribution >= 4 is 28.5 Å². The van der Waals surface area contributed by atoms with Crippen LogP contribution in [0, 0.1) is 11.3 Å². The summed E-state index contributed by atoms with van der Waals surface area (Å²) in [4.78, 5) is 26.3. The van der Waals surface area contributed by atoms with E-state index in [-0.39, 0.29) is 17.9 Å². The molecular weight excluding hydrogens is 527 g/mol. The van der Waals surface area contributed by atoms with Crippen LogP contribution >= 0.6 is 11.8 Å². The number of nitrogens with one attached hydrogen (secondary N) is 1. The highest BCUT2D eigenvalue weighted by Gasteiger charge is 2.50. The van der Waals surface area contributed by atoms with Crippen molar-refractivity contribution in [3.63, 3.8) is 0 Å². The lowest BCUT2D eigenvalue weighted by Gasteiger charge is -2.42. The predicted octanol–water partition coefficient (Wildman–Crippen LogP) is 4.35. The maximum atomic E-state index is 13.9. The van der Waals surface area contributed by atoms with E-state index in [1.54, 1.807) is 11.8 Å². The van der Waals surface area contributed by atoms with E-state index in [4.69, 9.17) is 0 Å². The van der Waals surface area contributed by atoms with Crippen molar-refractivity contribution in [2.24, 2.45) is 16.3 Å². The Morgan fingerprint density at radius 3 is 2.44 bits per heavy atom. The number of piperazine rings is 1. The zero-order chi connectivity index (χ0) is 27.8. The van der Waals surface area contributed by atoms with Gasteiger partial charge in [0.2, 0.25) is 5.91 Å². The number of hydrogen-bond acceptors (Lipinski definition) is 7. The number of aliphatic imine (C=N–C) groups is 1. The van der Waals surface area contributed by atoms with E-state index >= 15 is 0 Å². The molecule has 7 nitrogen and oxygen atoms in total. The summed E-state index contributed by atoms with van der Waals surface area (Å²) in [5.74, 6) is 1.63. The summed E-state index contributed by atoms with van der Waals surface area (Å²) in [6, 6.07) is 2.68. The normalized spacial score (nSPS) is 32.1. The van der Waals surface area contributed by atoms with Crippen molar-refractivity contribution < 1.29 is 23.1 Å². The van der Waals surface area contributed by atoms with Crippen LogP contribution in [0.5, 0.6) is 0 Å². The molecule has 11 heteroatoms. The third kappa shape index (κ3) is 5.95. The zero-order valence-electron chi connectivity index (χ0n) is 22.8. The molecule has 3 fully saturated rings. The summed E-state index contributed by atoms with van der Waals surface area (Å²) >= 11 is 1.69. The van der Waals surface area contributed by atoms with E-state index in [1.165, 1.54) is 6.20 Å². The number of halogens is 3. The molecule has 0 aromatic carbocycles. The van der Waals surface area contributed by atoms with Gasteiger partial charge in [0.25, 0.3) is 0 Å². The van der Waals surface area contributed by atoms with Gasteiger partial charge in [-0.2, -0.15) is 13.2 Å². The molecule has 216 valence electrons. The van der Waals surface area contributed by atoms with Crippen LogP contribution in [0.15, 0.2) is 23.3 Å². The van der Waals surface area contributed by atoms with Crippen molar-refractivity contribution in [3.05, 3.63) is 23.9 Å². The van der Waals surface area contributed by atoms with Crippen LogP contribution in [0.1, 0.15) is 64.4 Å². The molecule has 0 bridgehead atoms. The Morgan fingerprint density at radius 1 is 1.13 bits per heavy atom. The molecule has 0 spiro atoms. The highest BCUT2D eigenvalue weighted by Crippen LogP contribution is 2.47. The maximum absolute atomic E-state index is 13.9. The third-order valence-corrected chi connectivity index (χ3v) is 10.5. The first-order valence-electron chi connectivity index (χ1n) is 14.2.